The molecule has 0 spiro atoms. The van der Waals surface area contributed by atoms with Crippen LogP contribution in [0.3, 0.4) is 0 Å². The molecule has 10 heteroatoms. The van der Waals surface area contributed by atoms with Crippen LogP contribution < -0.4 is 14.4 Å². The Kier molecular flexibility index (Phi) is 11.2. The fourth-order valence-electron chi connectivity index (χ4n) is 4.39. The van der Waals surface area contributed by atoms with Gasteiger partial charge in [-0.05, 0) is 86.5 Å². The van der Waals surface area contributed by atoms with Gasteiger partial charge in [0.2, 0.25) is 11.8 Å². The lowest BCUT2D eigenvalue weighted by atomic mass is 10.1. The van der Waals surface area contributed by atoms with Crippen LogP contribution in [0.4, 0.5) is 5.69 Å². The van der Waals surface area contributed by atoms with Crippen molar-refractivity contribution in [1.29, 1.82) is 0 Å². The minimum absolute atomic E-state index is 0.0411. The molecule has 0 aliphatic heterocycles. The fraction of sp³-hybridized carbons (Fsp3) is 0.235. The molecule has 4 aromatic carbocycles. The highest BCUT2D eigenvalue weighted by atomic mass is 79.9. The van der Waals surface area contributed by atoms with E-state index in [-0.39, 0.29) is 29.1 Å². The van der Waals surface area contributed by atoms with Gasteiger partial charge in [-0.2, -0.15) is 0 Å². The molecule has 44 heavy (non-hydrogen) atoms. The van der Waals surface area contributed by atoms with E-state index >= 15 is 0 Å². The Bertz CT molecular complexity index is 1630. The van der Waals surface area contributed by atoms with E-state index in [1.165, 1.54) is 17.0 Å². The van der Waals surface area contributed by atoms with E-state index in [1.54, 1.807) is 49.4 Å². The maximum Gasteiger partial charge on any atom is 0.264 e. The maximum atomic E-state index is 14.1. The lowest BCUT2D eigenvalue weighted by molar-refractivity contribution is -0.139. The number of hydrogen-bond acceptors (Lipinski definition) is 5. The van der Waals surface area contributed by atoms with Crippen LogP contribution in [0, 0.1) is 0 Å². The fourth-order valence-corrected chi connectivity index (χ4v) is 6.09. The van der Waals surface area contributed by atoms with Crippen LogP contribution in [0.1, 0.15) is 32.8 Å². The molecular formula is C34H36BrN3O5S. The van der Waals surface area contributed by atoms with Gasteiger partial charge in [-0.3, -0.25) is 13.9 Å². The molecule has 0 aliphatic carbocycles. The number of para-hydroxylation sites is 1. The SMILES string of the molecule is CC[C@H](C)NC(=O)[C@@H](C)N(Cc1ccc(Br)cc1)C(=O)CN(c1ccc(Oc2ccccc2)cc1)S(=O)(=O)c1ccccc1. The van der Waals surface area contributed by atoms with Crippen molar-refractivity contribution in [3.8, 4) is 11.5 Å². The number of sulfonamides is 1. The first-order valence-electron chi connectivity index (χ1n) is 14.3. The first-order chi connectivity index (χ1) is 21.1. The first kappa shape index (κ1) is 32.8. The van der Waals surface area contributed by atoms with Crippen LogP contribution >= 0.6 is 15.9 Å². The number of nitrogens with zero attached hydrogens (tertiary/aromatic N) is 2. The van der Waals surface area contributed by atoms with Crippen molar-refractivity contribution in [2.45, 2.75) is 50.7 Å². The number of benzene rings is 4. The van der Waals surface area contributed by atoms with Crippen LogP contribution in [-0.4, -0.2) is 43.8 Å². The molecule has 4 rings (SSSR count). The number of ether oxygens (including phenoxy) is 1. The summed E-state index contributed by atoms with van der Waals surface area (Å²) in [6.45, 7) is 5.10. The molecule has 8 nitrogen and oxygen atoms in total. The van der Waals surface area contributed by atoms with Gasteiger partial charge in [-0.25, -0.2) is 8.42 Å². The monoisotopic (exact) mass is 677 g/mol. The highest BCUT2D eigenvalue weighted by Gasteiger charge is 2.32. The Morgan fingerprint density at radius 1 is 0.818 bits per heavy atom. The van der Waals surface area contributed by atoms with E-state index in [2.05, 4.69) is 21.2 Å². The van der Waals surface area contributed by atoms with Crippen LogP contribution in [0.5, 0.6) is 11.5 Å². The van der Waals surface area contributed by atoms with Crippen molar-refractivity contribution in [3.05, 3.63) is 119 Å². The van der Waals surface area contributed by atoms with Crippen molar-refractivity contribution in [3.63, 3.8) is 0 Å². The second-order valence-electron chi connectivity index (χ2n) is 10.4. The zero-order chi connectivity index (χ0) is 31.7. The number of carbonyl (C=O) groups excluding carboxylic acids is 2. The summed E-state index contributed by atoms with van der Waals surface area (Å²) in [6, 6.07) is 30.2. The molecule has 0 aromatic heterocycles. The number of hydrogen-bond donors (Lipinski definition) is 1. The van der Waals surface area contributed by atoms with E-state index < -0.39 is 28.5 Å². The molecule has 4 aromatic rings. The molecule has 2 amide bonds. The Morgan fingerprint density at radius 2 is 1.39 bits per heavy atom. The van der Waals surface area contributed by atoms with Crippen molar-refractivity contribution >= 4 is 43.5 Å². The van der Waals surface area contributed by atoms with Crippen molar-refractivity contribution in [1.82, 2.24) is 10.2 Å². The van der Waals surface area contributed by atoms with Gasteiger partial charge in [0, 0.05) is 17.1 Å². The highest BCUT2D eigenvalue weighted by Crippen LogP contribution is 2.28. The van der Waals surface area contributed by atoms with Gasteiger partial charge in [-0.15, -0.1) is 0 Å². The van der Waals surface area contributed by atoms with E-state index in [9.17, 15) is 18.0 Å². The second kappa shape index (κ2) is 15.0. The molecule has 0 heterocycles. The molecule has 230 valence electrons. The summed E-state index contributed by atoms with van der Waals surface area (Å²) in [4.78, 5) is 28.8. The zero-order valence-corrected chi connectivity index (χ0v) is 27.3. The summed E-state index contributed by atoms with van der Waals surface area (Å²) in [5, 5.41) is 2.94. The van der Waals surface area contributed by atoms with Crippen molar-refractivity contribution < 1.29 is 22.7 Å². The predicted octanol–water partition coefficient (Wildman–Crippen LogP) is 6.77. The maximum absolute atomic E-state index is 14.1. The topological polar surface area (TPSA) is 96.0 Å². The minimum Gasteiger partial charge on any atom is -0.457 e. The molecular weight excluding hydrogens is 642 g/mol. The third kappa shape index (κ3) is 8.48. The number of nitrogens with one attached hydrogen (secondary N) is 1. The standard InChI is InChI=1S/C34H36BrN3O5S/c1-4-25(2)36-34(40)26(3)37(23-27-15-17-28(35)18-16-27)33(39)24-38(44(41,42)32-13-9-6-10-14-32)29-19-21-31(22-20-29)43-30-11-7-5-8-12-30/h5-22,25-26H,4,23-24H2,1-3H3,(H,36,40)/t25-,26+/m0/s1. The Labute approximate surface area is 267 Å². The highest BCUT2D eigenvalue weighted by molar-refractivity contribution is 9.10. The number of amides is 2. The molecule has 0 unspecified atom stereocenters. The van der Waals surface area contributed by atoms with Gasteiger partial charge in [0.05, 0.1) is 10.6 Å². The Balaban J connectivity index is 1.68. The van der Waals surface area contributed by atoms with Crippen molar-refractivity contribution in [2.75, 3.05) is 10.8 Å². The number of anilines is 1. The van der Waals surface area contributed by atoms with E-state index in [4.69, 9.17) is 4.74 Å². The van der Waals surface area contributed by atoms with Gasteiger partial charge < -0.3 is 15.0 Å². The quantitative estimate of drug-likeness (QED) is 0.169. The summed E-state index contributed by atoms with van der Waals surface area (Å²) >= 11 is 3.43. The van der Waals surface area contributed by atoms with Crippen LogP contribution in [-0.2, 0) is 26.2 Å². The normalized spacial score (nSPS) is 12.5. The summed E-state index contributed by atoms with van der Waals surface area (Å²) in [5.41, 5.74) is 1.08. The Morgan fingerprint density at radius 3 is 1.98 bits per heavy atom. The number of carbonyl (C=O) groups is 2. The van der Waals surface area contributed by atoms with Crippen molar-refractivity contribution in [2.24, 2.45) is 0 Å². The van der Waals surface area contributed by atoms with Crippen LogP contribution in [0.2, 0.25) is 0 Å². The lowest BCUT2D eigenvalue weighted by Gasteiger charge is -2.32. The van der Waals surface area contributed by atoms with E-state index in [1.807, 2.05) is 68.4 Å². The molecule has 0 bridgehead atoms. The molecule has 0 saturated carbocycles. The molecule has 0 saturated heterocycles. The summed E-state index contributed by atoms with van der Waals surface area (Å²) < 4.78 is 35.8. The van der Waals surface area contributed by atoms with Crippen LogP contribution in [0.25, 0.3) is 0 Å². The molecule has 2 atom stereocenters. The van der Waals surface area contributed by atoms with Gasteiger partial charge in [-0.1, -0.05) is 71.4 Å². The largest absolute Gasteiger partial charge is 0.457 e. The van der Waals surface area contributed by atoms with Gasteiger partial charge >= 0.3 is 0 Å². The average molecular weight is 679 g/mol. The number of halogens is 1. The lowest BCUT2D eigenvalue weighted by Crippen LogP contribution is -2.52. The van der Waals surface area contributed by atoms with E-state index in [0.29, 0.717) is 11.5 Å². The second-order valence-corrected chi connectivity index (χ2v) is 13.2. The number of rotatable bonds is 13. The third-order valence-corrected chi connectivity index (χ3v) is 9.46. The van der Waals surface area contributed by atoms with Gasteiger partial charge in [0.25, 0.3) is 10.0 Å². The van der Waals surface area contributed by atoms with Gasteiger partial charge in [0.1, 0.15) is 24.1 Å². The summed E-state index contributed by atoms with van der Waals surface area (Å²) in [7, 11) is -4.16. The molecule has 0 aliphatic rings. The summed E-state index contributed by atoms with van der Waals surface area (Å²) in [5.74, 6) is 0.307. The predicted molar refractivity (Wildman–Crippen MR) is 176 cm³/mol. The first-order valence-corrected chi connectivity index (χ1v) is 16.6. The van der Waals surface area contributed by atoms with Crippen LogP contribution in [0.15, 0.2) is 119 Å². The third-order valence-electron chi connectivity index (χ3n) is 7.15. The smallest absolute Gasteiger partial charge is 0.264 e. The van der Waals surface area contributed by atoms with Gasteiger partial charge in [0.15, 0.2) is 0 Å². The average Bonchev–Trinajstić information content (AvgIpc) is 3.04. The molecule has 0 radical (unpaired) electrons. The zero-order valence-electron chi connectivity index (χ0n) is 24.9. The molecule has 0 fully saturated rings. The van der Waals surface area contributed by atoms with E-state index in [0.717, 1.165) is 20.8 Å². The summed E-state index contributed by atoms with van der Waals surface area (Å²) in [6.07, 6.45) is 0.728. The minimum atomic E-state index is -4.16. The Hall–Kier alpha value is -4.15. The molecule has 1 N–H and O–H groups in total.